The Morgan fingerprint density at radius 1 is 1.00 bits per heavy atom. The first-order valence-corrected chi connectivity index (χ1v) is 9.91. The van der Waals surface area contributed by atoms with Gasteiger partial charge in [0.25, 0.3) is 0 Å². The number of amides is 1. The molecule has 0 radical (unpaired) electrons. The van der Waals surface area contributed by atoms with E-state index in [0.29, 0.717) is 18.9 Å². The van der Waals surface area contributed by atoms with Crippen molar-refractivity contribution in [1.82, 2.24) is 14.9 Å². The molecule has 4 nitrogen and oxygen atoms in total. The van der Waals surface area contributed by atoms with E-state index in [4.69, 9.17) is 4.98 Å². The monoisotopic (exact) mass is 405 g/mol. The molecule has 0 spiro atoms. The summed E-state index contributed by atoms with van der Waals surface area (Å²) >= 11 is 0. The van der Waals surface area contributed by atoms with Crippen molar-refractivity contribution < 1.29 is 13.6 Å². The largest absolute Gasteiger partial charge is 0.339 e. The predicted molar refractivity (Wildman–Crippen MR) is 111 cm³/mol. The van der Waals surface area contributed by atoms with Crippen LogP contribution in [0, 0.1) is 11.6 Å². The maximum atomic E-state index is 13.7. The topological polar surface area (TPSA) is 46.1 Å². The molecule has 3 aromatic rings. The molecule has 1 aliphatic heterocycles. The van der Waals surface area contributed by atoms with Crippen LogP contribution in [0.25, 0.3) is 17.5 Å². The van der Waals surface area contributed by atoms with Gasteiger partial charge in [-0.25, -0.2) is 18.7 Å². The zero-order chi connectivity index (χ0) is 20.9. The molecule has 4 rings (SSSR count). The van der Waals surface area contributed by atoms with E-state index in [2.05, 4.69) is 4.98 Å². The van der Waals surface area contributed by atoms with Crippen LogP contribution in [0.2, 0.25) is 0 Å². The van der Waals surface area contributed by atoms with E-state index in [1.54, 1.807) is 11.1 Å². The third-order valence-electron chi connectivity index (χ3n) is 5.32. The maximum absolute atomic E-state index is 13.7. The van der Waals surface area contributed by atoms with Gasteiger partial charge in [-0.15, -0.1) is 0 Å². The van der Waals surface area contributed by atoms with E-state index in [1.807, 2.05) is 36.4 Å². The zero-order valence-corrected chi connectivity index (χ0v) is 16.3. The van der Waals surface area contributed by atoms with E-state index in [0.717, 1.165) is 30.2 Å². The number of hydrogen-bond donors (Lipinski definition) is 0. The molecule has 2 aromatic carbocycles. The smallest absolute Gasteiger partial charge is 0.246 e. The summed E-state index contributed by atoms with van der Waals surface area (Å²) in [4.78, 5) is 23.3. The van der Waals surface area contributed by atoms with Crippen molar-refractivity contribution >= 4 is 12.0 Å². The number of aromatic nitrogens is 2. The highest BCUT2D eigenvalue weighted by Crippen LogP contribution is 2.28. The summed E-state index contributed by atoms with van der Waals surface area (Å²) in [6.45, 7) is 1.17. The molecule has 2 heterocycles. The summed E-state index contributed by atoms with van der Waals surface area (Å²) in [7, 11) is 0. The standard InChI is InChI=1S/C24H21F2N3O/c25-20-8-4-7-18(23(20)26)9-10-22(30)29-15-12-17(13-16-29)21-11-14-27-24(28-21)19-5-2-1-3-6-19/h1-11,14,17H,12-13,15-16H2. The molecule has 0 N–H and O–H groups in total. The Balaban J connectivity index is 1.39. The van der Waals surface area contributed by atoms with Crippen molar-refractivity contribution in [2.24, 2.45) is 0 Å². The SMILES string of the molecule is O=C(C=Cc1cccc(F)c1F)N1CCC(c2ccnc(-c3ccccc3)n2)CC1. The highest BCUT2D eigenvalue weighted by Gasteiger charge is 2.24. The van der Waals surface area contributed by atoms with Crippen LogP contribution in [-0.2, 0) is 4.79 Å². The second kappa shape index (κ2) is 8.95. The third-order valence-corrected chi connectivity index (χ3v) is 5.32. The van der Waals surface area contributed by atoms with Crippen LogP contribution in [0.1, 0.15) is 30.0 Å². The Hall–Kier alpha value is -3.41. The Morgan fingerprint density at radius 2 is 1.77 bits per heavy atom. The van der Waals surface area contributed by atoms with E-state index in [-0.39, 0.29) is 17.4 Å². The molecule has 0 bridgehead atoms. The second-order valence-electron chi connectivity index (χ2n) is 7.25. The highest BCUT2D eigenvalue weighted by molar-refractivity contribution is 5.91. The van der Waals surface area contributed by atoms with Crippen LogP contribution >= 0.6 is 0 Å². The fraction of sp³-hybridized carbons (Fsp3) is 0.208. The lowest BCUT2D eigenvalue weighted by molar-refractivity contribution is -0.126. The minimum absolute atomic E-state index is 0.0627. The number of nitrogens with zero attached hydrogens (tertiary/aromatic N) is 3. The second-order valence-corrected chi connectivity index (χ2v) is 7.25. The summed E-state index contributed by atoms with van der Waals surface area (Å²) in [6.07, 6.45) is 5.98. The first kappa shape index (κ1) is 19.9. The lowest BCUT2D eigenvalue weighted by atomic mass is 9.93. The summed E-state index contributed by atoms with van der Waals surface area (Å²) in [5, 5.41) is 0. The number of halogens is 2. The van der Waals surface area contributed by atoms with Crippen LogP contribution in [-0.4, -0.2) is 33.9 Å². The van der Waals surface area contributed by atoms with Gasteiger partial charge in [-0.3, -0.25) is 4.79 Å². The summed E-state index contributed by atoms with van der Waals surface area (Å²) in [6, 6.07) is 15.7. The molecule has 0 saturated carbocycles. The summed E-state index contributed by atoms with van der Waals surface area (Å²) < 4.78 is 27.0. The molecule has 0 atom stereocenters. The van der Waals surface area contributed by atoms with Crippen molar-refractivity contribution in [3.8, 4) is 11.4 Å². The average molecular weight is 405 g/mol. The molecule has 1 aromatic heterocycles. The number of piperidine rings is 1. The van der Waals surface area contributed by atoms with Gasteiger partial charge in [-0.2, -0.15) is 0 Å². The number of carbonyl (C=O) groups is 1. The molecule has 6 heteroatoms. The summed E-state index contributed by atoms with van der Waals surface area (Å²) in [5.41, 5.74) is 2.02. The first-order chi connectivity index (χ1) is 14.6. The fourth-order valence-electron chi connectivity index (χ4n) is 3.64. The molecule has 1 aliphatic rings. The van der Waals surface area contributed by atoms with Gasteiger partial charge in [-0.05, 0) is 31.1 Å². The zero-order valence-electron chi connectivity index (χ0n) is 16.3. The van der Waals surface area contributed by atoms with Gasteiger partial charge in [0.05, 0.1) is 0 Å². The molecule has 1 amide bonds. The van der Waals surface area contributed by atoms with Gasteiger partial charge in [0.2, 0.25) is 5.91 Å². The van der Waals surface area contributed by atoms with Crippen LogP contribution < -0.4 is 0 Å². The Kier molecular flexibility index (Phi) is 5.93. The molecule has 152 valence electrons. The highest BCUT2D eigenvalue weighted by atomic mass is 19.2. The molecule has 1 fully saturated rings. The minimum Gasteiger partial charge on any atom is -0.339 e. The van der Waals surface area contributed by atoms with Crippen LogP contribution in [0.4, 0.5) is 8.78 Å². The molecule has 1 saturated heterocycles. The van der Waals surface area contributed by atoms with E-state index < -0.39 is 11.6 Å². The number of carbonyl (C=O) groups excluding carboxylic acids is 1. The normalized spacial score (nSPS) is 14.9. The fourth-order valence-corrected chi connectivity index (χ4v) is 3.64. The van der Waals surface area contributed by atoms with Gasteiger partial charge in [0, 0.05) is 48.1 Å². The molecule has 0 aliphatic carbocycles. The number of rotatable bonds is 4. The maximum Gasteiger partial charge on any atom is 0.246 e. The van der Waals surface area contributed by atoms with Gasteiger partial charge in [0.1, 0.15) is 0 Å². The number of benzene rings is 2. The predicted octanol–water partition coefficient (Wildman–Crippen LogP) is 4.84. The van der Waals surface area contributed by atoms with Crippen molar-refractivity contribution in [3.05, 3.63) is 89.8 Å². The molecule has 0 unspecified atom stereocenters. The Morgan fingerprint density at radius 3 is 2.53 bits per heavy atom. The van der Waals surface area contributed by atoms with E-state index in [1.165, 1.54) is 24.3 Å². The van der Waals surface area contributed by atoms with Crippen LogP contribution in [0.15, 0.2) is 66.9 Å². The number of likely N-dealkylation sites (tertiary alicyclic amines) is 1. The van der Waals surface area contributed by atoms with Gasteiger partial charge < -0.3 is 4.90 Å². The van der Waals surface area contributed by atoms with Crippen molar-refractivity contribution in [1.29, 1.82) is 0 Å². The van der Waals surface area contributed by atoms with Crippen molar-refractivity contribution in [2.75, 3.05) is 13.1 Å². The number of hydrogen-bond acceptors (Lipinski definition) is 3. The van der Waals surface area contributed by atoms with E-state index >= 15 is 0 Å². The van der Waals surface area contributed by atoms with Gasteiger partial charge >= 0.3 is 0 Å². The quantitative estimate of drug-likeness (QED) is 0.584. The Bertz CT molecular complexity index is 1060. The van der Waals surface area contributed by atoms with Gasteiger partial charge in [-0.1, -0.05) is 42.5 Å². The molecular weight excluding hydrogens is 384 g/mol. The Labute approximate surface area is 173 Å². The lowest BCUT2D eigenvalue weighted by Crippen LogP contribution is -2.37. The lowest BCUT2D eigenvalue weighted by Gasteiger charge is -2.31. The third kappa shape index (κ3) is 4.43. The van der Waals surface area contributed by atoms with Crippen LogP contribution in [0.5, 0.6) is 0 Å². The van der Waals surface area contributed by atoms with Crippen molar-refractivity contribution in [3.63, 3.8) is 0 Å². The van der Waals surface area contributed by atoms with Gasteiger partial charge in [0.15, 0.2) is 17.5 Å². The van der Waals surface area contributed by atoms with E-state index in [9.17, 15) is 13.6 Å². The first-order valence-electron chi connectivity index (χ1n) is 9.91. The summed E-state index contributed by atoms with van der Waals surface area (Å²) in [5.74, 6) is -1.12. The molecule has 30 heavy (non-hydrogen) atoms. The average Bonchev–Trinajstić information content (AvgIpc) is 2.80. The minimum atomic E-state index is -0.946. The van der Waals surface area contributed by atoms with Crippen molar-refractivity contribution in [2.45, 2.75) is 18.8 Å². The molecular formula is C24H21F2N3O. The van der Waals surface area contributed by atoms with Crippen LogP contribution in [0.3, 0.4) is 0 Å².